The zero-order chi connectivity index (χ0) is 17.1. The summed E-state index contributed by atoms with van der Waals surface area (Å²) in [7, 11) is 0. The van der Waals surface area contributed by atoms with Crippen LogP contribution >= 0.6 is 0 Å². The molecule has 3 N–H and O–H groups in total. The van der Waals surface area contributed by atoms with Gasteiger partial charge in [0.25, 0.3) is 5.91 Å². The topological polar surface area (TPSA) is 82.2 Å². The van der Waals surface area contributed by atoms with Crippen LogP contribution in [0.3, 0.4) is 0 Å². The molecule has 3 aromatic rings. The second-order valence-electron chi connectivity index (χ2n) is 5.74. The summed E-state index contributed by atoms with van der Waals surface area (Å²) in [6.07, 6.45) is 1.77. The summed E-state index contributed by atoms with van der Waals surface area (Å²) in [5.41, 5.74) is 2.00. The first-order chi connectivity index (χ1) is 11.6. The zero-order valence-corrected chi connectivity index (χ0v) is 13.2. The second-order valence-corrected chi connectivity index (χ2v) is 5.74. The van der Waals surface area contributed by atoms with Crippen LogP contribution in [0.5, 0.6) is 0 Å². The molecule has 0 spiro atoms. The van der Waals surface area contributed by atoms with Crippen molar-refractivity contribution in [2.24, 2.45) is 5.92 Å². The van der Waals surface area contributed by atoms with E-state index in [1.165, 1.54) is 0 Å². The lowest BCUT2D eigenvalue weighted by Crippen LogP contribution is -2.35. The fourth-order valence-electron chi connectivity index (χ4n) is 2.79. The summed E-state index contributed by atoms with van der Waals surface area (Å²) < 4.78 is 0. The van der Waals surface area contributed by atoms with Gasteiger partial charge in [0.1, 0.15) is 0 Å². The minimum atomic E-state index is -0.956. The number of carbonyl (C=O) groups is 2. The molecule has 0 radical (unpaired) electrons. The average Bonchev–Trinajstić information content (AvgIpc) is 3.08. The SMILES string of the molecule is C[C@@H](C(=O)O)[C@@H](NC(=O)c1cccc2cc[nH]c12)c1ccccc1. The monoisotopic (exact) mass is 322 g/mol. The first-order valence-electron chi connectivity index (χ1n) is 7.72. The molecule has 1 amide bonds. The van der Waals surface area contributed by atoms with Gasteiger partial charge in [0.2, 0.25) is 0 Å². The number of rotatable bonds is 5. The van der Waals surface area contributed by atoms with Gasteiger partial charge in [-0.1, -0.05) is 42.5 Å². The van der Waals surface area contributed by atoms with E-state index in [4.69, 9.17) is 0 Å². The van der Waals surface area contributed by atoms with Crippen LogP contribution < -0.4 is 5.32 Å². The van der Waals surface area contributed by atoms with Crippen LogP contribution in [-0.2, 0) is 4.79 Å². The zero-order valence-electron chi connectivity index (χ0n) is 13.2. The van der Waals surface area contributed by atoms with E-state index in [-0.39, 0.29) is 5.91 Å². The molecule has 24 heavy (non-hydrogen) atoms. The lowest BCUT2D eigenvalue weighted by molar-refractivity contribution is -0.142. The Hall–Kier alpha value is -3.08. The number of aromatic nitrogens is 1. The van der Waals surface area contributed by atoms with E-state index < -0.39 is 17.9 Å². The maximum atomic E-state index is 12.7. The lowest BCUT2D eigenvalue weighted by Gasteiger charge is -2.23. The Balaban J connectivity index is 1.94. The number of carbonyl (C=O) groups excluding carboxylic acids is 1. The van der Waals surface area contributed by atoms with Crippen molar-refractivity contribution in [3.63, 3.8) is 0 Å². The smallest absolute Gasteiger partial charge is 0.308 e. The highest BCUT2D eigenvalue weighted by molar-refractivity contribution is 6.05. The van der Waals surface area contributed by atoms with Gasteiger partial charge in [-0.25, -0.2) is 0 Å². The summed E-state index contributed by atoms with van der Waals surface area (Å²) in [5, 5.41) is 13.2. The first-order valence-corrected chi connectivity index (χ1v) is 7.72. The van der Waals surface area contributed by atoms with Crippen molar-refractivity contribution in [2.45, 2.75) is 13.0 Å². The summed E-state index contributed by atoms with van der Waals surface area (Å²) in [6.45, 7) is 1.59. The molecule has 0 aliphatic heterocycles. The van der Waals surface area contributed by atoms with E-state index in [9.17, 15) is 14.7 Å². The maximum absolute atomic E-state index is 12.7. The summed E-state index contributed by atoms with van der Waals surface area (Å²) in [5.74, 6) is -2.01. The number of carboxylic acid groups (broad SMARTS) is 1. The summed E-state index contributed by atoms with van der Waals surface area (Å²) >= 11 is 0. The van der Waals surface area contributed by atoms with E-state index in [2.05, 4.69) is 10.3 Å². The Bertz CT molecular complexity index is 870. The number of amides is 1. The van der Waals surface area contributed by atoms with E-state index in [0.717, 1.165) is 16.5 Å². The molecule has 5 nitrogen and oxygen atoms in total. The molecule has 3 rings (SSSR count). The van der Waals surface area contributed by atoms with E-state index in [0.29, 0.717) is 5.56 Å². The molecular weight excluding hydrogens is 304 g/mol. The molecule has 0 aliphatic rings. The van der Waals surface area contributed by atoms with E-state index in [1.807, 2.05) is 48.5 Å². The fourth-order valence-corrected chi connectivity index (χ4v) is 2.79. The maximum Gasteiger partial charge on any atom is 0.308 e. The Morgan fingerprint density at radius 3 is 2.50 bits per heavy atom. The number of nitrogens with one attached hydrogen (secondary N) is 2. The molecule has 0 bridgehead atoms. The molecular formula is C19H18N2O3. The largest absolute Gasteiger partial charge is 0.481 e. The molecule has 0 fully saturated rings. The third kappa shape index (κ3) is 3.01. The highest BCUT2D eigenvalue weighted by Gasteiger charge is 2.27. The number of fused-ring (bicyclic) bond motifs is 1. The average molecular weight is 322 g/mol. The van der Waals surface area contributed by atoms with Crippen LogP contribution in [0.2, 0.25) is 0 Å². The summed E-state index contributed by atoms with van der Waals surface area (Å²) in [4.78, 5) is 27.2. The third-order valence-corrected chi connectivity index (χ3v) is 4.17. The first kappa shape index (κ1) is 15.8. The third-order valence-electron chi connectivity index (χ3n) is 4.17. The molecule has 0 saturated heterocycles. The molecule has 0 aliphatic carbocycles. The number of para-hydroxylation sites is 1. The van der Waals surface area contributed by atoms with Gasteiger partial charge < -0.3 is 15.4 Å². The highest BCUT2D eigenvalue weighted by atomic mass is 16.4. The van der Waals surface area contributed by atoms with Crippen molar-refractivity contribution in [3.05, 3.63) is 71.9 Å². The van der Waals surface area contributed by atoms with Crippen LogP contribution in [-0.4, -0.2) is 22.0 Å². The van der Waals surface area contributed by atoms with E-state index >= 15 is 0 Å². The van der Waals surface area contributed by atoms with Crippen molar-refractivity contribution < 1.29 is 14.7 Å². The second kappa shape index (κ2) is 6.58. The molecule has 0 saturated carbocycles. The molecule has 2 atom stereocenters. The van der Waals surface area contributed by atoms with Crippen molar-refractivity contribution in [1.29, 1.82) is 0 Å². The number of carboxylic acids is 1. The minimum Gasteiger partial charge on any atom is -0.481 e. The number of benzene rings is 2. The number of aromatic amines is 1. The van der Waals surface area contributed by atoms with Gasteiger partial charge in [0.15, 0.2) is 0 Å². The van der Waals surface area contributed by atoms with Gasteiger partial charge in [-0.3, -0.25) is 9.59 Å². The minimum absolute atomic E-state index is 0.301. The quantitative estimate of drug-likeness (QED) is 0.673. The van der Waals surface area contributed by atoms with Crippen LogP contribution in [0.1, 0.15) is 28.9 Å². The number of H-pyrrole nitrogens is 1. The Kier molecular flexibility index (Phi) is 4.33. The Morgan fingerprint density at radius 1 is 1.04 bits per heavy atom. The van der Waals surface area contributed by atoms with Crippen LogP contribution in [0.25, 0.3) is 10.9 Å². The van der Waals surface area contributed by atoms with Crippen LogP contribution in [0, 0.1) is 5.92 Å². The molecule has 0 unspecified atom stereocenters. The van der Waals surface area contributed by atoms with Crippen molar-refractivity contribution >= 4 is 22.8 Å². The normalized spacial score (nSPS) is 13.4. The van der Waals surface area contributed by atoms with Gasteiger partial charge >= 0.3 is 5.97 Å². The summed E-state index contributed by atoms with van der Waals surface area (Å²) in [6, 6.07) is 15.9. The van der Waals surface area contributed by atoms with Gasteiger partial charge in [0.05, 0.1) is 23.0 Å². The van der Waals surface area contributed by atoms with E-state index in [1.54, 1.807) is 19.2 Å². The van der Waals surface area contributed by atoms with Crippen molar-refractivity contribution in [1.82, 2.24) is 10.3 Å². The standard InChI is InChI=1S/C19H18N2O3/c1-12(19(23)24)16(13-6-3-2-4-7-13)21-18(22)15-9-5-8-14-10-11-20-17(14)15/h2-12,16,20H,1H3,(H,21,22)(H,23,24)/t12-,16-/m1/s1. The number of hydrogen-bond acceptors (Lipinski definition) is 2. The predicted molar refractivity (Wildman–Crippen MR) is 91.7 cm³/mol. The molecule has 5 heteroatoms. The van der Waals surface area contributed by atoms with Gasteiger partial charge in [-0.05, 0) is 24.6 Å². The van der Waals surface area contributed by atoms with Crippen LogP contribution in [0.15, 0.2) is 60.8 Å². The van der Waals surface area contributed by atoms with Gasteiger partial charge in [-0.2, -0.15) is 0 Å². The van der Waals surface area contributed by atoms with Gasteiger partial charge in [0, 0.05) is 11.6 Å². The Morgan fingerprint density at radius 2 is 1.79 bits per heavy atom. The molecule has 1 heterocycles. The number of aliphatic carboxylic acids is 1. The highest BCUT2D eigenvalue weighted by Crippen LogP contribution is 2.24. The Labute approximate surface area is 139 Å². The van der Waals surface area contributed by atoms with Crippen molar-refractivity contribution in [2.75, 3.05) is 0 Å². The van der Waals surface area contributed by atoms with Crippen LogP contribution in [0.4, 0.5) is 0 Å². The fraction of sp³-hybridized carbons (Fsp3) is 0.158. The van der Waals surface area contributed by atoms with Crippen molar-refractivity contribution in [3.8, 4) is 0 Å². The lowest BCUT2D eigenvalue weighted by atomic mass is 9.94. The van der Waals surface area contributed by atoms with Gasteiger partial charge in [-0.15, -0.1) is 0 Å². The molecule has 2 aromatic carbocycles. The number of hydrogen-bond donors (Lipinski definition) is 3. The predicted octanol–water partition coefficient (Wildman–Crippen LogP) is 3.36. The molecule has 1 aromatic heterocycles. The molecule has 122 valence electrons.